The molecule has 1 aromatic rings. The molecule has 1 N–H and O–H groups in total. The van der Waals surface area contributed by atoms with Gasteiger partial charge in [-0.25, -0.2) is 0 Å². The van der Waals surface area contributed by atoms with Crippen molar-refractivity contribution < 1.29 is 4.74 Å². The molecule has 2 unspecified atom stereocenters. The first-order valence-electron chi connectivity index (χ1n) is 5.90. The lowest BCUT2D eigenvalue weighted by Crippen LogP contribution is -2.30. The number of nitrogens with one attached hydrogen (secondary N) is 1. The number of rotatable bonds is 6. The number of nitrogens with zero attached hydrogens (tertiary/aromatic N) is 2. The number of ether oxygens (including phenoxy) is 1. The first-order valence-corrected chi connectivity index (χ1v) is 5.90. The minimum absolute atomic E-state index is 0.185. The van der Waals surface area contributed by atoms with Crippen molar-refractivity contribution in [2.75, 3.05) is 12.4 Å². The molecule has 1 aromatic heterocycles. The van der Waals surface area contributed by atoms with E-state index < -0.39 is 0 Å². The van der Waals surface area contributed by atoms with Crippen molar-refractivity contribution in [1.82, 2.24) is 9.78 Å². The lowest BCUT2D eigenvalue weighted by Gasteiger charge is -2.20. The van der Waals surface area contributed by atoms with E-state index in [0.29, 0.717) is 0 Å². The van der Waals surface area contributed by atoms with Crippen LogP contribution in [0.3, 0.4) is 0 Å². The van der Waals surface area contributed by atoms with Gasteiger partial charge in [0.2, 0.25) is 0 Å². The molecule has 92 valence electrons. The van der Waals surface area contributed by atoms with Crippen LogP contribution >= 0.6 is 0 Å². The Hall–Kier alpha value is -1.03. The molecule has 1 rings (SSSR count). The van der Waals surface area contributed by atoms with Crippen LogP contribution in [0.5, 0.6) is 0 Å². The van der Waals surface area contributed by atoms with Gasteiger partial charge in [0.25, 0.3) is 0 Å². The van der Waals surface area contributed by atoms with Crippen molar-refractivity contribution in [3.05, 3.63) is 11.8 Å². The van der Waals surface area contributed by atoms with Crippen molar-refractivity contribution >= 4 is 5.82 Å². The summed E-state index contributed by atoms with van der Waals surface area (Å²) in [6.07, 6.45) is 2.34. The largest absolute Gasteiger partial charge is 0.380 e. The smallest absolute Gasteiger partial charge is 0.124 e. The number of aryl methyl sites for hydroxylation is 2. The van der Waals surface area contributed by atoms with Gasteiger partial charge in [0.05, 0.1) is 17.8 Å². The van der Waals surface area contributed by atoms with E-state index >= 15 is 0 Å². The third-order valence-corrected chi connectivity index (χ3v) is 2.89. The van der Waals surface area contributed by atoms with Crippen molar-refractivity contribution in [1.29, 1.82) is 0 Å². The van der Waals surface area contributed by atoms with Gasteiger partial charge < -0.3 is 10.1 Å². The second-order valence-electron chi connectivity index (χ2n) is 4.27. The molecule has 0 fully saturated rings. The predicted octanol–water partition coefficient (Wildman–Crippen LogP) is 2.21. The third kappa shape index (κ3) is 3.23. The summed E-state index contributed by atoms with van der Waals surface area (Å²) in [7, 11) is 3.69. The first kappa shape index (κ1) is 13.0. The summed E-state index contributed by atoms with van der Waals surface area (Å²) in [5, 5.41) is 7.87. The molecule has 0 amide bonds. The zero-order valence-electron chi connectivity index (χ0n) is 10.9. The first-order chi connectivity index (χ1) is 7.58. The Morgan fingerprint density at radius 2 is 2.19 bits per heavy atom. The van der Waals surface area contributed by atoms with Crippen molar-refractivity contribution in [2.24, 2.45) is 7.05 Å². The highest BCUT2D eigenvalue weighted by Crippen LogP contribution is 2.13. The molecule has 0 aliphatic rings. The molecule has 0 aliphatic carbocycles. The Balaban J connectivity index is 2.65. The van der Waals surface area contributed by atoms with Crippen LogP contribution in [0.1, 0.15) is 32.9 Å². The molecule has 1 heterocycles. The van der Waals surface area contributed by atoms with E-state index in [1.807, 2.05) is 11.7 Å². The van der Waals surface area contributed by atoms with Crippen molar-refractivity contribution in [3.8, 4) is 0 Å². The maximum Gasteiger partial charge on any atom is 0.124 e. The minimum atomic E-state index is 0.185. The van der Waals surface area contributed by atoms with Crippen LogP contribution < -0.4 is 5.32 Å². The quantitative estimate of drug-likeness (QED) is 0.806. The lowest BCUT2D eigenvalue weighted by molar-refractivity contribution is 0.106. The van der Waals surface area contributed by atoms with Gasteiger partial charge in [-0.15, -0.1) is 0 Å². The summed E-state index contributed by atoms with van der Waals surface area (Å²) in [6, 6.07) is 2.39. The van der Waals surface area contributed by atoms with E-state index in [2.05, 4.69) is 37.3 Å². The molecule has 0 spiro atoms. The van der Waals surface area contributed by atoms with Gasteiger partial charge in [0, 0.05) is 20.2 Å². The summed E-state index contributed by atoms with van der Waals surface area (Å²) in [4.78, 5) is 0. The van der Waals surface area contributed by atoms with Gasteiger partial charge in [0.15, 0.2) is 0 Å². The summed E-state index contributed by atoms with van der Waals surface area (Å²) in [5.41, 5.74) is 1.14. The highest BCUT2D eigenvalue weighted by molar-refractivity contribution is 5.38. The lowest BCUT2D eigenvalue weighted by atomic mass is 10.2. The average molecular weight is 225 g/mol. The van der Waals surface area contributed by atoms with E-state index in [4.69, 9.17) is 4.74 Å². The molecule has 4 heteroatoms. The summed E-state index contributed by atoms with van der Waals surface area (Å²) < 4.78 is 7.18. The molecule has 4 nitrogen and oxygen atoms in total. The normalized spacial score (nSPS) is 14.8. The van der Waals surface area contributed by atoms with Crippen LogP contribution in [0.4, 0.5) is 5.82 Å². The summed E-state index contributed by atoms with van der Waals surface area (Å²) in [5.74, 6) is 1.06. The van der Waals surface area contributed by atoms with Crippen LogP contribution in [-0.4, -0.2) is 29.0 Å². The van der Waals surface area contributed by atoms with E-state index in [9.17, 15) is 0 Å². The molecular weight excluding hydrogens is 202 g/mol. The molecule has 0 aliphatic heterocycles. The standard InChI is InChI=1S/C12H23N3O/c1-6-7-11-8-12(15(4)14-11)13-9(2)10(3)16-5/h8-10,13H,6-7H2,1-5H3. The van der Waals surface area contributed by atoms with Crippen LogP contribution in [0.15, 0.2) is 6.07 Å². The average Bonchev–Trinajstić information content (AvgIpc) is 2.58. The zero-order chi connectivity index (χ0) is 12.1. The van der Waals surface area contributed by atoms with Gasteiger partial charge in [-0.3, -0.25) is 4.68 Å². The number of anilines is 1. The van der Waals surface area contributed by atoms with Gasteiger partial charge in [-0.1, -0.05) is 13.3 Å². The summed E-state index contributed by atoms with van der Waals surface area (Å²) >= 11 is 0. The highest BCUT2D eigenvalue weighted by Gasteiger charge is 2.13. The molecule has 0 radical (unpaired) electrons. The monoisotopic (exact) mass is 225 g/mol. The molecule has 0 aromatic carbocycles. The Morgan fingerprint density at radius 3 is 2.75 bits per heavy atom. The number of hydrogen-bond acceptors (Lipinski definition) is 3. The van der Waals surface area contributed by atoms with Crippen LogP contribution in [0, 0.1) is 0 Å². The molecule has 2 atom stereocenters. The number of hydrogen-bond donors (Lipinski definition) is 1. The maximum absolute atomic E-state index is 5.29. The van der Waals surface area contributed by atoms with Gasteiger partial charge >= 0.3 is 0 Å². The number of methoxy groups -OCH3 is 1. The molecule has 0 bridgehead atoms. The second-order valence-corrected chi connectivity index (χ2v) is 4.27. The van der Waals surface area contributed by atoms with Gasteiger partial charge in [-0.05, 0) is 20.3 Å². The Kier molecular flexibility index (Phi) is 4.80. The maximum atomic E-state index is 5.29. The molecule has 16 heavy (non-hydrogen) atoms. The topological polar surface area (TPSA) is 39.1 Å². The molecule has 0 saturated carbocycles. The molecule has 0 saturated heterocycles. The predicted molar refractivity (Wildman–Crippen MR) is 66.8 cm³/mol. The van der Waals surface area contributed by atoms with Gasteiger partial charge in [0.1, 0.15) is 5.82 Å². The van der Waals surface area contributed by atoms with Crippen molar-refractivity contribution in [2.45, 2.75) is 45.8 Å². The van der Waals surface area contributed by atoms with Crippen LogP contribution in [0.25, 0.3) is 0 Å². The summed E-state index contributed by atoms with van der Waals surface area (Å²) in [6.45, 7) is 6.33. The van der Waals surface area contributed by atoms with E-state index in [1.165, 1.54) is 0 Å². The van der Waals surface area contributed by atoms with Gasteiger partial charge in [-0.2, -0.15) is 5.10 Å². The Bertz CT molecular complexity index is 322. The fraction of sp³-hybridized carbons (Fsp3) is 0.750. The highest BCUT2D eigenvalue weighted by atomic mass is 16.5. The van der Waals surface area contributed by atoms with E-state index in [0.717, 1.165) is 24.4 Å². The third-order valence-electron chi connectivity index (χ3n) is 2.89. The molecular formula is C12H23N3O. The fourth-order valence-electron chi connectivity index (χ4n) is 1.59. The Morgan fingerprint density at radius 1 is 1.50 bits per heavy atom. The fourth-order valence-corrected chi connectivity index (χ4v) is 1.59. The number of aromatic nitrogens is 2. The van der Waals surface area contributed by atoms with E-state index in [-0.39, 0.29) is 12.1 Å². The minimum Gasteiger partial charge on any atom is -0.380 e. The Labute approximate surface area is 98.0 Å². The second kappa shape index (κ2) is 5.89. The van der Waals surface area contributed by atoms with Crippen LogP contribution in [0.2, 0.25) is 0 Å². The SMILES string of the molecule is CCCc1cc(NC(C)C(C)OC)n(C)n1. The van der Waals surface area contributed by atoms with E-state index in [1.54, 1.807) is 7.11 Å². The zero-order valence-corrected chi connectivity index (χ0v) is 10.9. The van der Waals surface area contributed by atoms with Crippen LogP contribution in [-0.2, 0) is 18.2 Å². The van der Waals surface area contributed by atoms with Crippen molar-refractivity contribution in [3.63, 3.8) is 0 Å².